The number of hydrogen-bond acceptors (Lipinski definition) is 10. The molecule has 0 spiro atoms. The summed E-state index contributed by atoms with van der Waals surface area (Å²) < 4.78 is 10.7. The number of carbonyl (C=O) groups excluding carboxylic acids is 1. The molecule has 0 unspecified atom stereocenters. The van der Waals surface area contributed by atoms with Gasteiger partial charge in [-0.3, -0.25) is 4.79 Å². The highest BCUT2D eigenvalue weighted by atomic mass is 16.5. The van der Waals surface area contributed by atoms with Crippen LogP contribution in [0.3, 0.4) is 0 Å². The number of nitrogens with two attached hydrogens (primary N) is 1. The molecule has 1 amide bonds. The predicted molar refractivity (Wildman–Crippen MR) is 146 cm³/mol. The minimum atomic E-state index is -0.160. The van der Waals surface area contributed by atoms with Gasteiger partial charge >= 0.3 is 0 Å². The summed E-state index contributed by atoms with van der Waals surface area (Å²) >= 11 is 0. The molecule has 1 aliphatic carbocycles. The summed E-state index contributed by atoms with van der Waals surface area (Å²) in [7, 11) is 0. The van der Waals surface area contributed by atoms with Crippen LogP contribution in [0.2, 0.25) is 0 Å². The van der Waals surface area contributed by atoms with Gasteiger partial charge in [-0.25, -0.2) is 0 Å². The second-order valence-electron chi connectivity index (χ2n) is 9.46. The number of amides is 1. The molecule has 37 heavy (non-hydrogen) atoms. The highest BCUT2D eigenvalue weighted by molar-refractivity contribution is 5.94. The van der Waals surface area contributed by atoms with Crippen molar-refractivity contribution in [3.05, 3.63) is 29.8 Å². The van der Waals surface area contributed by atoms with Crippen LogP contribution >= 0.6 is 0 Å². The third-order valence-electron chi connectivity index (χ3n) is 5.90. The average molecular weight is 515 g/mol. The molecule has 6 N–H and O–H groups in total. The molecular formula is C26H42N8O3. The summed E-state index contributed by atoms with van der Waals surface area (Å²) in [6.45, 7) is 7.76. The first kappa shape index (κ1) is 28.5. The van der Waals surface area contributed by atoms with Crippen molar-refractivity contribution in [3.63, 3.8) is 0 Å². The molecule has 3 rings (SSSR count). The molecule has 1 aromatic carbocycles. The van der Waals surface area contributed by atoms with Crippen LogP contribution in [0.4, 0.5) is 23.5 Å². The fourth-order valence-corrected chi connectivity index (χ4v) is 4.04. The molecule has 1 aromatic heterocycles. The van der Waals surface area contributed by atoms with Gasteiger partial charge in [0.2, 0.25) is 17.8 Å². The standard InChI is InChI=1S/C26H42N8O3/c1-19(2)30-25-32-24(29-18-20-6-4-3-5-7-20)33-26(34-25)31-22-10-8-21(9-11-22)23(35)28-13-15-37-17-16-36-14-12-27/h8-11,19-20H,3-7,12-18,27H2,1-2H3,(H,28,35)(H3,29,30,31,32,33,34). The SMILES string of the molecule is CC(C)Nc1nc(NCC2CCCCC2)nc(Nc2ccc(C(=O)NCCOCCOCCN)cc2)n1. The van der Waals surface area contributed by atoms with Crippen LogP contribution in [0, 0.1) is 5.92 Å². The first-order valence-electron chi connectivity index (χ1n) is 13.3. The lowest BCUT2D eigenvalue weighted by atomic mass is 9.89. The van der Waals surface area contributed by atoms with Crippen LogP contribution < -0.4 is 27.0 Å². The topological polar surface area (TPSA) is 148 Å². The highest BCUT2D eigenvalue weighted by Gasteiger charge is 2.15. The Balaban J connectivity index is 1.51. The van der Waals surface area contributed by atoms with Gasteiger partial charge in [0.05, 0.1) is 26.4 Å². The molecule has 1 aliphatic rings. The molecule has 11 heteroatoms. The summed E-state index contributed by atoms with van der Waals surface area (Å²) in [5, 5.41) is 12.7. The van der Waals surface area contributed by atoms with Gasteiger partial charge in [-0.2, -0.15) is 15.0 Å². The molecule has 1 fully saturated rings. The Morgan fingerprint density at radius 2 is 1.62 bits per heavy atom. The van der Waals surface area contributed by atoms with E-state index >= 15 is 0 Å². The van der Waals surface area contributed by atoms with Crippen molar-refractivity contribution >= 4 is 29.4 Å². The molecule has 11 nitrogen and oxygen atoms in total. The van der Waals surface area contributed by atoms with Gasteiger partial charge in [-0.15, -0.1) is 0 Å². The zero-order valence-electron chi connectivity index (χ0n) is 22.1. The normalized spacial score (nSPS) is 13.9. The van der Waals surface area contributed by atoms with Crippen LogP contribution in [-0.2, 0) is 9.47 Å². The van der Waals surface area contributed by atoms with Crippen LogP contribution in [0.5, 0.6) is 0 Å². The maximum atomic E-state index is 12.4. The van der Waals surface area contributed by atoms with E-state index in [9.17, 15) is 4.79 Å². The number of benzene rings is 1. The highest BCUT2D eigenvalue weighted by Crippen LogP contribution is 2.24. The van der Waals surface area contributed by atoms with Crippen LogP contribution in [-0.4, -0.2) is 73.0 Å². The number of aromatic nitrogens is 3. The zero-order valence-corrected chi connectivity index (χ0v) is 22.1. The Kier molecular flexibility index (Phi) is 12.3. The first-order valence-corrected chi connectivity index (χ1v) is 13.3. The number of hydrogen-bond donors (Lipinski definition) is 5. The molecule has 0 radical (unpaired) electrons. The van der Waals surface area contributed by atoms with Crippen molar-refractivity contribution in [2.75, 3.05) is 62.0 Å². The van der Waals surface area contributed by atoms with E-state index in [1.165, 1.54) is 32.1 Å². The molecule has 0 atom stereocenters. The molecular weight excluding hydrogens is 472 g/mol. The lowest BCUT2D eigenvalue weighted by molar-refractivity contribution is 0.0511. The Bertz CT molecular complexity index is 936. The van der Waals surface area contributed by atoms with Crippen molar-refractivity contribution in [3.8, 4) is 0 Å². The van der Waals surface area contributed by atoms with Gasteiger partial charge in [-0.1, -0.05) is 19.3 Å². The van der Waals surface area contributed by atoms with E-state index in [1.54, 1.807) is 12.1 Å². The van der Waals surface area contributed by atoms with E-state index in [0.717, 1.165) is 12.2 Å². The van der Waals surface area contributed by atoms with Crippen LogP contribution in [0.1, 0.15) is 56.3 Å². The fraction of sp³-hybridized carbons (Fsp3) is 0.615. The summed E-state index contributed by atoms with van der Waals surface area (Å²) in [5.74, 6) is 2.00. The first-order chi connectivity index (χ1) is 18.0. The van der Waals surface area contributed by atoms with Gasteiger partial charge in [-0.05, 0) is 56.9 Å². The largest absolute Gasteiger partial charge is 0.378 e. The van der Waals surface area contributed by atoms with Gasteiger partial charge in [0.15, 0.2) is 0 Å². The van der Waals surface area contributed by atoms with Crippen molar-refractivity contribution < 1.29 is 14.3 Å². The summed E-state index contributed by atoms with van der Waals surface area (Å²) in [6, 6.07) is 7.36. The van der Waals surface area contributed by atoms with E-state index in [4.69, 9.17) is 15.2 Å². The number of rotatable bonds is 16. The molecule has 2 aromatic rings. The van der Waals surface area contributed by atoms with Crippen molar-refractivity contribution in [1.29, 1.82) is 0 Å². The minimum Gasteiger partial charge on any atom is -0.378 e. The summed E-state index contributed by atoms with van der Waals surface area (Å²) in [4.78, 5) is 26.0. The van der Waals surface area contributed by atoms with E-state index in [2.05, 4.69) is 36.2 Å². The van der Waals surface area contributed by atoms with Crippen LogP contribution in [0.25, 0.3) is 0 Å². The molecule has 0 aliphatic heterocycles. The van der Waals surface area contributed by atoms with Crippen molar-refractivity contribution in [2.24, 2.45) is 11.7 Å². The lowest BCUT2D eigenvalue weighted by Crippen LogP contribution is -2.27. The lowest BCUT2D eigenvalue weighted by Gasteiger charge is -2.22. The van der Waals surface area contributed by atoms with E-state index in [1.807, 2.05) is 26.0 Å². The number of ether oxygens (including phenoxy) is 2. The number of nitrogens with one attached hydrogen (secondary N) is 4. The maximum Gasteiger partial charge on any atom is 0.251 e. The Hall–Kier alpha value is -3.02. The second kappa shape index (κ2) is 16.0. The maximum absolute atomic E-state index is 12.4. The fourth-order valence-electron chi connectivity index (χ4n) is 4.04. The molecule has 1 heterocycles. The van der Waals surface area contributed by atoms with Gasteiger partial charge in [0, 0.05) is 36.9 Å². The van der Waals surface area contributed by atoms with Gasteiger partial charge in [0.1, 0.15) is 0 Å². The monoisotopic (exact) mass is 514 g/mol. The van der Waals surface area contributed by atoms with Gasteiger partial charge in [0.25, 0.3) is 5.91 Å². The Morgan fingerprint density at radius 3 is 2.32 bits per heavy atom. The Morgan fingerprint density at radius 1 is 0.946 bits per heavy atom. The number of nitrogens with zero attached hydrogens (tertiary/aromatic N) is 3. The molecule has 204 valence electrons. The van der Waals surface area contributed by atoms with E-state index in [-0.39, 0.29) is 11.9 Å². The third kappa shape index (κ3) is 10.9. The molecule has 1 saturated carbocycles. The zero-order chi connectivity index (χ0) is 26.3. The van der Waals surface area contributed by atoms with E-state index in [0.29, 0.717) is 68.8 Å². The minimum absolute atomic E-state index is 0.160. The molecule has 0 saturated heterocycles. The quantitative estimate of drug-likeness (QED) is 0.212. The smallest absolute Gasteiger partial charge is 0.251 e. The second-order valence-corrected chi connectivity index (χ2v) is 9.46. The summed E-state index contributed by atoms with van der Waals surface area (Å²) in [6.07, 6.45) is 6.42. The van der Waals surface area contributed by atoms with Crippen molar-refractivity contribution in [2.45, 2.75) is 52.0 Å². The summed E-state index contributed by atoms with van der Waals surface area (Å²) in [5.41, 5.74) is 6.69. The number of carbonyl (C=O) groups is 1. The average Bonchev–Trinajstić information content (AvgIpc) is 2.89. The van der Waals surface area contributed by atoms with E-state index < -0.39 is 0 Å². The predicted octanol–water partition coefficient (Wildman–Crippen LogP) is 3.15. The third-order valence-corrected chi connectivity index (χ3v) is 5.90. The Labute approximate surface area is 219 Å². The van der Waals surface area contributed by atoms with Crippen molar-refractivity contribution in [1.82, 2.24) is 20.3 Å². The molecule has 0 bridgehead atoms. The van der Waals surface area contributed by atoms with Crippen LogP contribution in [0.15, 0.2) is 24.3 Å². The number of anilines is 4. The van der Waals surface area contributed by atoms with Gasteiger partial charge < -0.3 is 36.5 Å².